The van der Waals surface area contributed by atoms with E-state index in [1.807, 2.05) is 6.07 Å². The topological polar surface area (TPSA) is 50.4 Å². The van der Waals surface area contributed by atoms with Crippen molar-refractivity contribution in [3.63, 3.8) is 0 Å². The molecule has 1 aliphatic heterocycles. The number of aromatic nitrogens is 1. The Morgan fingerprint density at radius 3 is 2.62 bits per heavy atom. The Morgan fingerprint density at radius 2 is 1.88 bits per heavy atom. The average molecular weight is 323 g/mol. The summed E-state index contributed by atoms with van der Waals surface area (Å²) in [5.74, 6) is 0.785. The molecule has 0 amide bonds. The molecule has 0 spiro atoms. The Hall–Kier alpha value is -2.36. The number of fused-ring (bicyclic) bond motifs is 2. The Labute approximate surface area is 143 Å². The molecule has 0 atom stereocenters. The van der Waals surface area contributed by atoms with Crippen LogP contribution in [0.15, 0.2) is 33.7 Å². The maximum absolute atomic E-state index is 6.13. The van der Waals surface area contributed by atoms with Crippen LogP contribution in [0.25, 0.3) is 22.6 Å². The fourth-order valence-electron chi connectivity index (χ4n) is 2.77. The Bertz CT molecular complexity index is 895. The molecule has 0 unspecified atom stereocenters. The quantitative estimate of drug-likeness (QED) is 0.693. The van der Waals surface area contributed by atoms with Crippen LogP contribution in [0.3, 0.4) is 0 Å². The second-order valence-corrected chi connectivity index (χ2v) is 6.26. The fraction of sp³-hybridized carbons (Fsp3) is 0.400. The van der Waals surface area contributed by atoms with Crippen LogP contribution in [0.2, 0.25) is 0 Å². The third-order valence-corrected chi connectivity index (χ3v) is 4.12. The average Bonchev–Trinajstić information content (AvgIpc) is 2.57. The van der Waals surface area contributed by atoms with E-state index in [-0.39, 0.29) is 0 Å². The van der Waals surface area contributed by atoms with Crippen molar-refractivity contribution in [3.05, 3.63) is 40.7 Å². The minimum absolute atomic E-state index is 0.785. The molecule has 126 valence electrons. The Morgan fingerprint density at radius 1 is 1.04 bits per heavy atom. The fourth-order valence-corrected chi connectivity index (χ4v) is 2.77. The highest BCUT2D eigenvalue weighted by Crippen LogP contribution is 2.28. The third kappa shape index (κ3) is 3.28. The van der Waals surface area contributed by atoms with Gasteiger partial charge < -0.3 is 9.73 Å². The molecule has 0 fully saturated rings. The molecule has 3 rings (SSSR count). The predicted molar refractivity (Wildman–Crippen MR) is 99.6 cm³/mol. The van der Waals surface area contributed by atoms with Gasteiger partial charge in [0.1, 0.15) is 11.2 Å². The van der Waals surface area contributed by atoms with Gasteiger partial charge in [-0.2, -0.15) is 0 Å². The van der Waals surface area contributed by atoms with Gasteiger partial charge >= 0.3 is 0 Å². The molecular weight excluding hydrogens is 298 g/mol. The van der Waals surface area contributed by atoms with Crippen molar-refractivity contribution in [2.45, 2.75) is 40.5 Å². The number of benzene rings is 2. The highest BCUT2D eigenvalue weighted by Gasteiger charge is 2.12. The molecule has 1 heterocycles. The molecule has 1 aromatic rings. The molecular formula is C20H25N3O. The highest BCUT2D eigenvalue weighted by atomic mass is 16.3. The molecule has 1 aromatic carbocycles. The number of hydrogen-bond acceptors (Lipinski definition) is 4. The van der Waals surface area contributed by atoms with E-state index in [0.717, 1.165) is 65.1 Å². The summed E-state index contributed by atoms with van der Waals surface area (Å²) in [4.78, 5) is 9.41. The maximum Gasteiger partial charge on any atom is 0.155 e. The summed E-state index contributed by atoms with van der Waals surface area (Å²) in [5.41, 5.74) is 6.00. The van der Waals surface area contributed by atoms with Gasteiger partial charge in [-0.25, -0.2) is 4.98 Å². The van der Waals surface area contributed by atoms with Gasteiger partial charge in [0.25, 0.3) is 0 Å². The van der Waals surface area contributed by atoms with Crippen molar-refractivity contribution in [1.29, 1.82) is 0 Å². The van der Waals surface area contributed by atoms with Crippen molar-refractivity contribution in [3.8, 4) is 11.5 Å². The van der Waals surface area contributed by atoms with E-state index in [4.69, 9.17) is 9.40 Å². The summed E-state index contributed by atoms with van der Waals surface area (Å²) in [6.45, 7) is 10.2. The van der Waals surface area contributed by atoms with Crippen molar-refractivity contribution in [2.24, 2.45) is 4.99 Å². The Balaban J connectivity index is 2.16. The molecule has 4 heteroatoms. The van der Waals surface area contributed by atoms with Crippen LogP contribution >= 0.6 is 0 Å². The smallest absolute Gasteiger partial charge is 0.155 e. The molecule has 0 saturated carbocycles. The molecule has 0 aromatic heterocycles. The van der Waals surface area contributed by atoms with E-state index in [1.165, 1.54) is 5.56 Å². The lowest BCUT2D eigenvalue weighted by Crippen LogP contribution is -2.09. The lowest BCUT2D eigenvalue weighted by atomic mass is 10.1. The zero-order valence-corrected chi connectivity index (χ0v) is 14.9. The number of rotatable bonds is 5. The molecule has 1 aliphatic carbocycles. The third-order valence-electron chi connectivity index (χ3n) is 4.12. The summed E-state index contributed by atoms with van der Waals surface area (Å²) in [6.07, 6.45) is 2.13. The summed E-state index contributed by atoms with van der Waals surface area (Å²) in [5, 5.41) is 4.44. The van der Waals surface area contributed by atoms with Crippen molar-refractivity contribution in [1.82, 2.24) is 4.98 Å². The monoisotopic (exact) mass is 323 g/mol. The molecule has 0 bridgehead atoms. The van der Waals surface area contributed by atoms with Crippen LogP contribution in [-0.2, 0) is 0 Å². The normalized spacial score (nSPS) is 12.2. The second-order valence-electron chi connectivity index (χ2n) is 6.26. The number of anilines is 1. The lowest BCUT2D eigenvalue weighted by Gasteiger charge is -2.12. The minimum atomic E-state index is 0.785. The minimum Gasteiger partial charge on any atom is -0.453 e. The van der Waals surface area contributed by atoms with Gasteiger partial charge in [-0.1, -0.05) is 13.8 Å². The van der Waals surface area contributed by atoms with E-state index in [2.05, 4.69) is 56.2 Å². The van der Waals surface area contributed by atoms with Gasteiger partial charge in [0.15, 0.2) is 11.3 Å². The summed E-state index contributed by atoms with van der Waals surface area (Å²) in [6, 6.07) is 8.20. The van der Waals surface area contributed by atoms with Crippen LogP contribution < -0.4 is 10.7 Å². The predicted octanol–water partition coefficient (Wildman–Crippen LogP) is 4.68. The van der Waals surface area contributed by atoms with E-state index in [0.29, 0.717) is 0 Å². The van der Waals surface area contributed by atoms with Crippen molar-refractivity contribution < 1.29 is 4.42 Å². The molecule has 4 nitrogen and oxygen atoms in total. The molecule has 1 N–H and O–H groups in total. The lowest BCUT2D eigenvalue weighted by molar-refractivity contribution is 0.611. The summed E-state index contributed by atoms with van der Waals surface area (Å²) >= 11 is 0. The Kier molecular flexibility index (Phi) is 4.84. The van der Waals surface area contributed by atoms with Gasteiger partial charge in [-0.15, -0.1) is 0 Å². The summed E-state index contributed by atoms with van der Waals surface area (Å²) < 4.78 is 6.13. The zero-order chi connectivity index (χ0) is 17.1. The highest BCUT2D eigenvalue weighted by molar-refractivity contribution is 5.81. The number of nitrogens with zero attached hydrogens (tertiary/aromatic N) is 2. The summed E-state index contributed by atoms with van der Waals surface area (Å²) in [7, 11) is 0. The van der Waals surface area contributed by atoms with E-state index in [9.17, 15) is 0 Å². The van der Waals surface area contributed by atoms with Crippen LogP contribution in [0.5, 0.6) is 0 Å². The number of hydrogen-bond donors (Lipinski definition) is 1. The van der Waals surface area contributed by atoms with Gasteiger partial charge in [0.05, 0.1) is 5.36 Å². The zero-order valence-electron chi connectivity index (χ0n) is 14.9. The van der Waals surface area contributed by atoms with Gasteiger partial charge in [0, 0.05) is 30.9 Å². The molecule has 24 heavy (non-hydrogen) atoms. The maximum atomic E-state index is 6.13. The van der Waals surface area contributed by atoms with Gasteiger partial charge in [-0.05, 0) is 49.9 Å². The SMILES string of the molecule is CCC/N=c1/cc2oc3cc(NCCC)c(C)cc3nc-2cc1C. The number of nitrogens with one attached hydrogen (secondary N) is 1. The van der Waals surface area contributed by atoms with Crippen LogP contribution in [0, 0.1) is 13.8 Å². The van der Waals surface area contributed by atoms with E-state index in [1.54, 1.807) is 0 Å². The standard InChI is InChI=1S/C20H25N3O/c1-5-7-21-15-11-19-17(9-13(15)3)23-18-10-14(4)16(22-8-6-2)12-20(18)24-19/h9-12,21H,5-8H2,1-4H3/b22-16-. The van der Waals surface area contributed by atoms with Gasteiger partial charge in [0.2, 0.25) is 0 Å². The molecule has 2 aliphatic rings. The van der Waals surface area contributed by atoms with Crippen molar-refractivity contribution in [2.75, 3.05) is 18.4 Å². The first kappa shape index (κ1) is 16.5. The molecule has 0 radical (unpaired) electrons. The largest absolute Gasteiger partial charge is 0.453 e. The van der Waals surface area contributed by atoms with Gasteiger partial charge in [-0.3, -0.25) is 4.99 Å². The number of aryl methyl sites for hydroxylation is 2. The van der Waals surface area contributed by atoms with Crippen molar-refractivity contribution >= 4 is 16.8 Å². The van der Waals surface area contributed by atoms with E-state index < -0.39 is 0 Å². The van der Waals surface area contributed by atoms with Crippen LogP contribution in [-0.4, -0.2) is 18.1 Å². The molecule has 0 saturated heterocycles. The van der Waals surface area contributed by atoms with Crippen LogP contribution in [0.1, 0.15) is 37.8 Å². The second kappa shape index (κ2) is 7.04. The van der Waals surface area contributed by atoms with Crippen LogP contribution in [0.4, 0.5) is 5.69 Å². The first-order valence-corrected chi connectivity index (χ1v) is 8.72. The van der Waals surface area contributed by atoms with E-state index >= 15 is 0 Å². The first-order chi connectivity index (χ1) is 11.6. The first-order valence-electron chi connectivity index (χ1n) is 8.72.